The molecule has 0 atom stereocenters. The van der Waals surface area contributed by atoms with Gasteiger partial charge in [-0.15, -0.1) is 9.90 Å². The highest BCUT2D eigenvalue weighted by Crippen LogP contribution is 2.13. The summed E-state index contributed by atoms with van der Waals surface area (Å²) in [6.07, 6.45) is 1.50. The number of rotatable bonds is 2. The Hall–Kier alpha value is -2.04. The van der Waals surface area contributed by atoms with Gasteiger partial charge in [-0.1, -0.05) is 0 Å². The van der Waals surface area contributed by atoms with Gasteiger partial charge in [0.2, 0.25) is 0 Å². The topological polar surface area (TPSA) is 66.0 Å². The maximum absolute atomic E-state index is 5.45. The van der Waals surface area contributed by atoms with E-state index in [4.69, 9.17) is 10.5 Å². The van der Waals surface area contributed by atoms with E-state index in [2.05, 4.69) is 10.2 Å². The summed E-state index contributed by atoms with van der Waals surface area (Å²) in [5, 5.41) is 7.96. The molecule has 5 nitrogen and oxygen atoms in total. The van der Waals surface area contributed by atoms with Crippen LogP contribution in [-0.2, 0) is 0 Å². The van der Waals surface area contributed by atoms with Crippen molar-refractivity contribution in [3.8, 4) is 11.4 Å². The van der Waals surface area contributed by atoms with Crippen LogP contribution in [0.5, 0.6) is 5.75 Å². The van der Waals surface area contributed by atoms with Gasteiger partial charge >= 0.3 is 0 Å². The molecule has 0 aliphatic carbocycles. The quantitative estimate of drug-likeness (QED) is 0.762. The van der Waals surface area contributed by atoms with E-state index < -0.39 is 0 Å². The Bertz CT molecular complexity index is 421. The first-order chi connectivity index (χ1) is 6.79. The van der Waals surface area contributed by atoms with Crippen molar-refractivity contribution >= 4 is 5.82 Å². The van der Waals surface area contributed by atoms with Gasteiger partial charge in [0.25, 0.3) is 0 Å². The fourth-order valence-electron chi connectivity index (χ4n) is 1.11. The highest BCUT2D eigenvalue weighted by molar-refractivity contribution is 5.36. The van der Waals surface area contributed by atoms with Crippen molar-refractivity contribution in [3.63, 3.8) is 0 Å². The summed E-state index contributed by atoms with van der Waals surface area (Å²) in [6.45, 7) is 0. The average molecular weight is 190 g/mol. The third-order valence-corrected chi connectivity index (χ3v) is 1.81. The lowest BCUT2D eigenvalue weighted by Crippen LogP contribution is -1.99. The molecular formula is C9H10N4O. The molecule has 5 heteroatoms. The largest absolute Gasteiger partial charge is 0.497 e. The zero-order chi connectivity index (χ0) is 9.97. The van der Waals surface area contributed by atoms with Crippen molar-refractivity contribution in [1.29, 1.82) is 0 Å². The number of hydrogen-bond donors (Lipinski definition) is 1. The van der Waals surface area contributed by atoms with E-state index in [9.17, 15) is 0 Å². The molecule has 2 aromatic rings. The van der Waals surface area contributed by atoms with Gasteiger partial charge < -0.3 is 10.5 Å². The Balaban J connectivity index is 2.33. The first-order valence-corrected chi connectivity index (χ1v) is 4.12. The predicted octanol–water partition coefficient (Wildman–Crippen LogP) is 0.858. The fourth-order valence-corrected chi connectivity index (χ4v) is 1.11. The first kappa shape index (κ1) is 8.55. The zero-order valence-corrected chi connectivity index (χ0v) is 7.71. The van der Waals surface area contributed by atoms with E-state index in [1.165, 1.54) is 11.0 Å². The van der Waals surface area contributed by atoms with Crippen LogP contribution in [0.25, 0.3) is 5.69 Å². The third-order valence-electron chi connectivity index (χ3n) is 1.81. The number of methoxy groups -OCH3 is 1. The SMILES string of the molecule is COc1ccc(-n2ncc(N)n2)cc1. The standard InChI is InChI=1S/C9H10N4O/c1-14-8-4-2-7(3-5-8)13-11-6-9(10)12-13/h2-6H,1H3,(H2,10,12). The van der Waals surface area contributed by atoms with Crippen LogP contribution < -0.4 is 10.5 Å². The summed E-state index contributed by atoms with van der Waals surface area (Å²) in [5.41, 5.74) is 6.30. The van der Waals surface area contributed by atoms with Gasteiger partial charge in [0.1, 0.15) is 5.75 Å². The first-order valence-electron chi connectivity index (χ1n) is 4.12. The summed E-state index contributed by atoms with van der Waals surface area (Å²) in [6, 6.07) is 7.40. The number of aromatic nitrogens is 3. The summed E-state index contributed by atoms with van der Waals surface area (Å²) in [5.74, 6) is 1.20. The molecule has 0 amide bonds. The van der Waals surface area contributed by atoms with E-state index in [0.29, 0.717) is 5.82 Å². The van der Waals surface area contributed by atoms with E-state index in [-0.39, 0.29) is 0 Å². The third kappa shape index (κ3) is 1.52. The molecule has 0 saturated carbocycles. The van der Waals surface area contributed by atoms with Gasteiger partial charge in [0.05, 0.1) is 19.0 Å². The number of nitrogens with two attached hydrogens (primary N) is 1. The number of nitrogens with zero attached hydrogens (tertiary/aromatic N) is 3. The van der Waals surface area contributed by atoms with Crippen molar-refractivity contribution in [2.45, 2.75) is 0 Å². The molecule has 1 aromatic heterocycles. The Morgan fingerprint density at radius 3 is 2.50 bits per heavy atom. The Morgan fingerprint density at radius 1 is 1.29 bits per heavy atom. The maximum Gasteiger partial charge on any atom is 0.166 e. The van der Waals surface area contributed by atoms with Crippen LogP contribution in [-0.4, -0.2) is 22.1 Å². The van der Waals surface area contributed by atoms with Crippen molar-refractivity contribution in [2.24, 2.45) is 0 Å². The molecular weight excluding hydrogens is 180 g/mol. The van der Waals surface area contributed by atoms with Crippen LogP contribution in [0.15, 0.2) is 30.5 Å². The van der Waals surface area contributed by atoms with Gasteiger partial charge in [0, 0.05) is 0 Å². The van der Waals surface area contributed by atoms with Crippen LogP contribution in [0.4, 0.5) is 5.82 Å². The van der Waals surface area contributed by atoms with Gasteiger partial charge in [-0.25, -0.2) is 0 Å². The molecule has 14 heavy (non-hydrogen) atoms. The average Bonchev–Trinajstić information content (AvgIpc) is 2.65. The van der Waals surface area contributed by atoms with E-state index >= 15 is 0 Å². The fraction of sp³-hybridized carbons (Fsp3) is 0.111. The minimum atomic E-state index is 0.404. The van der Waals surface area contributed by atoms with Gasteiger partial charge in [-0.05, 0) is 24.3 Å². The van der Waals surface area contributed by atoms with Crippen LogP contribution in [0, 0.1) is 0 Å². The number of nitrogen functional groups attached to an aromatic ring is 1. The second-order valence-electron chi connectivity index (χ2n) is 2.76. The van der Waals surface area contributed by atoms with Gasteiger partial charge in [-0.2, -0.15) is 5.10 Å². The molecule has 0 saturated heterocycles. The van der Waals surface area contributed by atoms with E-state index in [1.807, 2.05) is 24.3 Å². The number of hydrogen-bond acceptors (Lipinski definition) is 4. The monoisotopic (exact) mass is 190 g/mol. The Kier molecular flexibility index (Phi) is 2.06. The van der Waals surface area contributed by atoms with Crippen LogP contribution in [0.2, 0.25) is 0 Å². The molecule has 2 rings (SSSR count). The second-order valence-corrected chi connectivity index (χ2v) is 2.76. The van der Waals surface area contributed by atoms with E-state index in [1.54, 1.807) is 7.11 Å². The van der Waals surface area contributed by atoms with Crippen LogP contribution >= 0.6 is 0 Å². The molecule has 72 valence electrons. The van der Waals surface area contributed by atoms with Crippen LogP contribution in [0.1, 0.15) is 0 Å². The lowest BCUT2D eigenvalue weighted by Gasteiger charge is -2.01. The number of ether oxygens (including phenoxy) is 1. The van der Waals surface area contributed by atoms with Crippen LogP contribution in [0.3, 0.4) is 0 Å². The molecule has 0 unspecified atom stereocenters. The minimum Gasteiger partial charge on any atom is -0.497 e. The molecule has 0 radical (unpaired) electrons. The van der Waals surface area contributed by atoms with Gasteiger partial charge in [-0.3, -0.25) is 0 Å². The minimum absolute atomic E-state index is 0.404. The summed E-state index contributed by atoms with van der Waals surface area (Å²) in [7, 11) is 1.62. The summed E-state index contributed by atoms with van der Waals surface area (Å²) < 4.78 is 5.04. The van der Waals surface area contributed by atoms with Crippen molar-refractivity contribution < 1.29 is 4.74 Å². The molecule has 0 fully saturated rings. The van der Waals surface area contributed by atoms with E-state index in [0.717, 1.165) is 11.4 Å². The molecule has 0 bridgehead atoms. The molecule has 0 aliphatic heterocycles. The lowest BCUT2D eigenvalue weighted by atomic mass is 10.3. The maximum atomic E-state index is 5.45. The molecule has 1 heterocycles. The molecule has 1 aromatic carbocycles. The molecule has 0 aliphatic rings. The predicted molar refractivity (Wildman–Crippen MR) is 52.3 cm³/mol. The van der Waals surface area contributed by atoms with Crippen molar-refractivity contribution in [1.82, 2.24) is 15.0 Å². The highest BCUT2D eigenvalue weighted by atomic mass is 16.5. The molecule has 2 N–H and O–H groups in total. The van der Waals surface area contributed by atoms with Crippen molar-refractivity contribution in [2.75, 3.05) is 12.8 Å². The second kappa shape index (κ2) is 3.37. The molecule has 0 spiro atoms. The summed E-state index contributed by atoms with van der Waals surface area (Å²) >= 11 is 0. The Labute approximate surface area is 81.1 Å². The Morgan fingerprint density at radius 2 is 2.00 bits per heavy atom. The zero-order valence-electron chi connectivity index (χ0n) is 7.71. The van der Waals surface area contributed by atoms with Crippen molar-refractivity contribution in [3.05, 3.63) is 30.5 Å². The van der Waals surface area contributed by atoms with Gasteiger partial charge in [0.15, 0.2) is 5.82 Å². The summed E-state index contributed by atoms with van der Waals surface area (Å²) in [4.78, 5) is 1.47. The number of benzene rings is 1. The normalized spacial score (nSPS) is 10.1. The highest BCUT2D eigenvalue weighted by Gasteiger charge is 1.99. The lowest BCUT2D eigenvalue weighted by molar-refractivity contribution is 0.414. The smallest absolute Gasteiger partial charge is 0.166 e. The number of anilines is 1.